The highest BCUT2D eigenvalue weighted by Crippen LogP contribution is 2.26. The van der Waals surface area contributed by atoms with Crippen molar-refractivity contribution in [2.24, 2.45) is 0 Å². The largest absolute Gasteiger partial charge is 0.482 e. The Labute approximate surface area is 171 Å². The van der Waals surface area contributed by atoms with Crippen molar-refractivity contribution in [1.29, 1.82) is 0 Å². The third kappa shape index (κ3) is 3.37. The van der Waals surface area contributed by atoms with Crippen molar-refractivity contribution in [3.63, 3.8) is 0 Å². The van der Waals surface area contributed by atoms with E-state index in [1.807, 2.05) is 54.6 Å². The van der Waals surface area contributed by atoms with Crippen LogP contribution in [0.2, 0.25) is 0 Å². The van der Waals surface area contributed by atoms with Crippen LogP contribution in [0.3, 0.4) is 0 Å². The molecular formula is C25H16O5. The van der Waals surface area contributed by atoms with Gasteiger partial charge in [0, 0.05) is 11.5 Å². The van der Waals surface area contributed by atoms with Gasteiger partial charge in [-0.2, -0.15) is 0 Å². The van der Waals surface area contributed by atoms with Gasteiger partial charge in [0.25, 0.3) is 0 Å². The molecule has 0 saturated carbocycles. The molecule has 5 heteroatoms. The molecule has 0 aliphatic heterocycles. The van der Waals surface area contributed by atoms with Crippen LogP contribution in [0.4, 0.5) is 0 Å². The maximum atomic E-state index is 12.2. The lowest BCUT2D eigenvalue weighted by Gasteiger charge is -2.09. The van der Waals surface area contributed by atoms with Crippen molar-refractivity contribution < 1.29 is 18.7 Å². The van der Waals surface area contributed by atoms with Gasteiger partial charge in [0.05, 0.1) is 5.39 Å². The number of benzene rings is 4. The van der Waals surface area contributed by atoms with E-state index in [4.69, 9.17) is 13.9 Å². The zero-order valence-corrected chi connectivity index (χ0v) is 15.8. The number of carbonyl (C=O) groups is 1. The van der Waals surface area contributed by atoms with Crippen LogP contribution in [0.5, 0.6) is 11.5 Å². The average molecular weight is 396 g/mol. The van der Waals surface area contributed by atoms with Crippen LogP contribution >= 0.6 is 0 Å². The molecule has 30 heavy (non-hydrogen) atoms. The number of hydrogen-bond acceptors (Lipinski definition) is 5. The summed E-state index contributed by atoms with van der Waals surface area (Å²) in [6, 6.07) is 25.7. The average Bonchev–Trinajstić information content (AvgIpc) is 2.77. The predicted octanol–water partition coefficient (Wildman–Crippen LogP) is 5.08. The lowest BCUT2D eigenvalue weighted by molar-refractivity contribution is -0.136. The Morgan fingerprint density at radius 2 is 1.47 bits per heavy atom. The molecule has 5 nitrogen and oxygen atoms in total. The Morgan fingerprint density at radius 3 is 2.33 bits per heavy atom. The van der Waals surface area contributed by atoms with Gasteiger partial charge in [0.15, 0.2) is 6.61 Å². The van der Waals surface area contributed by atoms with Crippen molar-refractivity contribution in [3.8, 4) is 11.5 Å². The maximum absolute atomic E-state index is 12.2. The minimum Gasteiger partial charge on any atom is -0.482 e. The number of carbonyl (C=O) groups excluding carboxylic acids is 1. The first-order chi connectivity index (χ1) is 14.7. The van der Waals surface area contributed by atoms with Crippen LogP contribution in [-0.2, 0) is 4.79 Å². The summed E-state index contributed by atoms with van der Waals surface area (Å²) >= 11 is 0. The highest BCUT2D eigenvalue weighted by atomic mass is 16.6. The van der Waals surface area contributed by atoms with E-state index in [1.165, 1.54) is 6.07 Å². The Kier molecular flexibility index (Phi) is 4.41. The molecule has 0 radical (unpaired) electrons. The van der Waals surface area contributed by atoms with E-state index in [9.17, 15) is 9.59 Å². The molecule has 0 N–H and O–H groups in total. The summed E-state index contributed by atoms with van der Waals surface area (Å²) in [5, 5.41) is 4.20. The standard InChI is InChI=1S/C25H16O5/c26-24(15-28-18-10-9-16-5-1-2-6-17(16)13-18)29-19-11-12-21-20-7-3-4-8-22(20)25(27)30-23(21)14-19/h1-14H,15H2. The monoisotopic (exact) mass is 396 g/mol. The summed E-state index contributed by atoms with van der Waals surface area (Å²) < 4.78 is 16.3. The minimum absolute atomic E-state index is 0.238. The van der Waals surface area contributed by atoms with Gasteiger partial charge in [-0.25, -0.2) is 9.59 Å². The Morgan fingerprint density at radius 1 is 0.733 bits per heavy atom. The van der Waals surface area contributed by atoms with Crippen LogP contribution in [0.1, 0.15) is 0 Å². The maximum Gasteiger partial charge on any atom is 0.349 e. The zero-order chi connectivity index (χ0) is 20.5. The van der Waals surface area contributed by atoms with Crippen molar-refractivity contribution in [3.05, 3.63) is 95.3 Å². The SMILES string of the molecule is O=C(COc1ccc2ccccc2c1)Oc1ccc2c(c1)oc(=O)c1ccccc12. The second kappa shape index (κ2) is 7.37. The van der Waals surface area contributed by atoms with E-state index in [1.54, 1.807) is 24.3 Å². The molecule has 5 rings (SSSR count). The molecule has 0 amide bonds. The molecule has 4 aromatic carbocycles. The van der Waals surface area contributed by atoms with Crippen molar-refractivity contribution in [1.82, 2.24) is 0 Å². The van der Waals surface area contributed by atoms with E-state index in [0.717, 1.165) is 21.5 Å². The molecule has 5 aromatic rings. The number of esters is 1. The lowest BCUT2D eigenvalue weighted by Crippen LogP contribution is -2.17. The molecule has 0 atom stereocenters. The van der Waals surface area contributed by atoms with Crippen LogP contribution < -0.4 is 15.1 Å². The Balaban J connectivity index is 1.33. The summed E-state index contributed by atoms with van der Waals surface area (Å²) in [5.41, 5.74) is -0.0688. The highest BCUT2D eigenvalue weighted by Gasteiger charge is 2.11. The molecule has 0 aliphatic rings. The normalized spacial score (nSPS) is 11.1. The molecular weight excluding hydrogens is 380 g/mol. The summed E-state index contributed by atoms with van der Waals surface area (Å²) in [6.45, 7) is -0.238. The van der Waals surface area contributed by atoms with Gasteiger partial charge in [-0.3, -0.25) is 0 Å². The first-order valence-electron chi connectivity index (χ1n) is 9.45. The third-order valence-corrected chi connectivity index (χ3v) is 4.90. The van der Waals surface area contributed by atoms with E-state index < -0.39 is 11.6 Å². The number of fused-ring (bicyclic) bond motifs is 4. The molecule has 1 heterocycles. The van der Waals surface area contributed by atoms with Gasteiger partial charge in [0.2, 0.25) is 0 Å². The molecule has 0 unspecified atom stereocenters. The number of hydrogen-bond donors (Lipinski definition) is 0. The fourth-order valence-corrected chi connectivity index (χ4v) is 3.48. The number of rotatable bonds is 4. The lowest BCUT2D eigenvalue weighted by atomic mass is 10.1. The fraction of sp³-hybridized carbons (Fsp3) is 0.0400. The number of ether oxygens (including phenoxy) is 2. The van der Waals surface area contributed by atoms with Gasteiger partial charge in [0.1, 0.15) is 17.1 Å². The third-order valence-electron chi connectivity index (χ3n) is 4.90. The summed E-state index contributed by atoms with van der Waals surface area (Å²) in [7, 11) is 0. The topological polar surface area (TPSA) is 65.7 Å². The molecule has 1 aromatic heterocycles. The quantitative estimate of drug-likeness (QED) is 0.183. The van der Waals surface area contributed by atoms with Gasteiger partial charge in [-0.1, -0.05) is 48.5 Å². The summed E-state index contributed by atoms with van der Waals surface area (Å²) in [5.74, 6) is 0.320. The molecule has 0 fully saturated rings. The summed E-state index contributed by atoms with van der Waals surface area (Å²) in [4.78, 5) is 24.4. The van der Waals surface area contributed by atoms with Crippen molar-refractivity contribution in [2.75, 3.05) is 6.61 Å². The van der Waals surface area contributed by atoms with Gasteiger partial charge in [-0.05, 0) is 46.5 Å². The zero-order valence-electron chi connectivity index (χ0n) is 15.8. The van der Waals surface area contributed by atoms with Crippen molar-refractivity contribution in [2.45, 2.75) is 0 Å². The van der Waals surface area contributed by atoms with Crippen LogP contribution in [0.15, 0.2) is 94.1 Å². The molecule has 146 valence electrons. The Hall–Kier alpha value is -4.12. The van der Waals surface area contributed by atoms with Gasteiger partial charge >= 0.3 is 11.6 Å². The molecule has 0 aliphatic carbocycles. The second-order valence-corrected chi connectivity index (χ2v) is 6.86. The van der Waals surface area contributed by atoms with Gasteiger partial charge < -0.3 is 13.9 Å². The second-order valence-electron chi connectivity index (χ2n) is 6.86. The Bertz CT molecular complexity index is 1470. The first kappa shape index (κ1) is 17.9. The predicted molar refractivity (Wildman–Crippen MR) is 115 cm³/mol. The molecule has 0 spiro atoms. The van der Waals surface area contributed by atoms with Crippen LogP contribution in [0.25, 0.3) is 32.5 Å². The van der Waals surface area contributed by atoms with Crippen LogP contribution in [-0.4, -0.2) is 12.6 Å². The smallest absolute Gasteiger partial charge is 0.349 e. The highest BCUT2D eigenvalue weighted by molar-refractivity contribution is 6.04. The van der Waals surface area contributed by atoms with E-state index in [2.05, 4.69) is 0 Å². The van der Waals surface area contributed by atoms with E-state index >= 15 is 0 Å². The molecule has 0 bridgehead atoms. The van der Waals surface area contributed by atoms with Crippen LogP contribution in [0, 0.1) is 0 Å². The first-order valence-corrected chi connectivity index (χ1v) is 9.45. The van der Waals surface area contributed by atoms with Gasteiger partial charge in [-0.15, -0.1) is 0 Å². The molecule has 0 saturated heterocycles. The van der Waals surface area contributed by atoms with E-state index in [0.29, 0.717) is 16.7 Å². The minimum atomic E-state index is -0.550. The van der Waals surface area contributed by atoms with Crippen molar-refractivity contribution >= 4 is 38.5 Å². The van der Waals surface area contributed by atoms with E-state index in [-0.39, 0.29) is 12.4 Å². The fourth-order valence-electron chi connectivity index (χ4n) is 3.48. The summed E-state index contributed by atoms with van der Waals surface area (Å²) in [6.07, 6.45) is 0.